The molecule has 1 saturated heterocycles. The molecule has 0 aliphatic carbocycles. The highest BCUT2D eigenvalue weighted by Crippen LogP contribution is 2.23. The van der Waals surface area contributed by atoms with Gasteiger partial charge in [0.05, 0.1) is 11.3 Å². The first-order chi connectivity index (χ1) is 12.4. The molecule has 0 bridgehead atoms. The Morgan fingerprint density at radius 2 is 1.96 bits per heavy atom. The smallest absolute Gasteiger partial charge is 0.339 e. The molecule has 1 aliphatic heterocycles. The lowest BCUT2D eigenvalue weighted by Gasteiger charge is -2.33. The minimum Gasteiger partial charge on any atom is -0.452 e. The maximum Gasteiger partial charge on any atom is 0.339 e. The van der Waals surface area contributed by atoms with Gasteiger partial charge in [-0.15, -0.1) is 11.8 Å². The van der Waals surface area contributed by atoms with Crippen molar-refractivity contribution in [2.75, 3.05) is 18.9 Å². The molecule has 1 aromatic rings. The number of ether oxygens (including phenoxy) is 1. The van der Waals surface area contributed by atoms with E-state index in [9.17, 15) is 19.2 Å². The summed E-state index contributed by atoms with van der Waals surface area (Å²) < 4.78 is 5.14. The van der Waals surface area contributed by atoms with Gasteiger partial charge in [0.15, 0.2) is 6.61 Å². The third kappa shape index (κ3) is 5.32. The van der Waals surface area contributed by atoms with Gasteiger partial charge in [0.1, 0.15) is 11.8 Å². The van der Waals surface area contributed by atoms with Crippen molar-refractivity contribution in [2.45, 2.75) is 37.1 Å². The lowest BCUT2D eigenvalue weighted by atomic mass is 10.0. The number of carbonyl (C=O) groups excluding carboxylic acids is 4. The van der Waals surface area contributed by atoms with Crippen LogP contribution in [-0.2, 0) is 19.1 Å². The molecule has 0 radical (unpaired) electrons. The van der Waals surface area contributed by atoms with Crippen molar-refractivity contribution >= 4 is 35.3 Å². The maximum absolute atomic E-state index is 12.3. The van der Waals surface area contributed by atoms with Gasteiger partial charge in [0.25, 0.3) is 5.91 Å². The van der Waals surface area contributed by atoms with Crippen LogP contribution in [0.2, 0.25) is 0 Å². The lowest BCUT2D eigenvalue weighted by molar-refractivity contribution is -0.143. The number of Topliss-reactive ketones (excluding diaryl/α,β-unsaturated/α-hetero) is 1. The molecule has 2 N–H and O–H groups in total. The van der Waals surface area contributed by atoms with E-state index in [4.69, 9.17) is 10.5 Å². The summed E-state index contributed by atoms with van der Waals surface area (Å²) in [5.41, 5.74) is 5.65. The Balaban J connectivity index is 1.99. The number of ketones is 1. The van der Waals surface area contributed by atoms with E-state index in [1.165, 1.54) is 23.6 Å². The van der Waals surface area contributed by atoms with Gasteiger partial charge in [-0.05, 0) is 38.3 Å². The first kappa shape index (κ1) is 20.0. The first-order valence-electron chi connectivity index (χ1n) is 8.37. The molecule has 7 nitrogen and oxygen atoms in total. The van der Waals surface area contributed by atoms with Gasteiger partial charge in [0.2, 0.25) is 5.91 Å². The summed E-state index contributed by atoms with van der Waals surface area (Å²) >= 11 is 1.24. The van der Waals surface area contributed by atoms with Gasteiger partial charge in [-0.2, -0.15) is 0 Å². The molecule has 1 aliphatic rings. The zero-order valence-corrected chi connectivity index (χ0v) is 15.4. The van der Waals surface area contributed by atoms with Gasteiger partial charge in [-0.1, -0.05) is 12.1 Å². The van der Waals surface area contributed by atoms with E-state index in [0.717, 1.165) is 12.8 Å². The third-order valence-corrected chi connectivity index (χ3v) is 5.23. The van der Waals surface area contributed by atoms with Gasteiger partial charge in [-0.3, -0.25) is 14.4 Å². The Kier molecular flexibility index (Phi) is 7.20. The zero-order valence-electron chi connectivity index (χ0n) is 14.6. The number of nitrogens with zero attached hydrogens (tertiary/aromatic N) is 1. The van der Waals surface area contributed by atoms with Crippen LogP contribution >= 0.6 is 11.8 Å². The van der Waals surface area contributed by atoms with Crippen molar-refractivity contribution in [3.63, 3.8) is 0 Å². The molecule has 1 heterocycles. The number of hydrogen-bond acceptors (Lipinski definition) is 6. The largest absolute Gasteiger partial charge is 0.452 e. The van der Waals surface area contributed by atoms with E-state index in [2.05, 4.69) is 0 Å². The fourth-order valence-electron chi connectivity index (χ4n) is 2.75. The number of benzene rings is 1. The molecule has 0 saturated carbocycles. The van der Waals surface area contributed by atoms with Crippen LogP contribution in [0.5, 0.6) is 0 Å². The summed E-state index contributed by atoms with van der Waals surface area (Å²) in [6.07, 6.45) is 2.14. The molecule has 2 rings (SSSR count). The Morgan fingerprint density at radius 1 is 1.23 bits per heavy atom. The van der Waals surface area contributed by atoms with E-state index < -0.39 is 30.4 Å². The molecule has 0 spiro atoms. The van der Waals surface area contributed by atoms with Crippen molar-refractivity contribution < 1.29 is 23.9 Å². The minimum absolute atomic E-state index is 0.00376. The Labute approximate surface area is 156 Å². The predicted molar refractivity (Wildman–Crippen MR) is 96.7 cm³/mol. The van der Waals surface area contributed by atoms with Crippen molar-refractivity contribution in [3.8, 4) is 0 Å². The number of piperidine rings is 1. The van der Waals surface area contributed by atoms with E-state index in [-0.39, 0.29) is 11.5 Å². The molecule has 2 amide bonds. The number of esters is 1. The highest BCUT2D eigenvalue weighted by molar-refractivity contribution is 8.00. The zero-order chi connectivity index (χ0) is 19.1. The first-order valence-corrected chi connectivity index (χ1v) is 9.36. The van der Waals surface area contributed by atoms with Crippen LogP contribution in [0.15, 0.2) is 29.2 Å². The second kappa shape index (κ2) is 9.38. The van der Waals surface area contributed by atoms with Crippen LogP contribution in [-0.4, -0.2) is 53.4 Å². The molecular weight excluding hydrogens is 356 g/mol. The molecule has 0 aromatic heterocycles. The van der Waals surface area contributed by atoms with E-state index >= 15 is 0 Å². The Bertz CT molecular complexity index is 707. The monoisotopic (exact) mass is 378 g/mol. The maximum atomic E-state index is 12.3. The van der Waals surface area contributed by atoms with Crippen LogP contribution in [0.1, 0.15) is 36.5 Å². The summed E-state index contributed by atoms with van der Waals surface area (Å²) in [7, 11) is 0. The fraction of sp³-hybridized carbons (Fsp3) is 0.444. The number of thioether (sulfide) groups is 1. The predicted octanol–water partition coefficient (Wildman–Crippen LogP) is 1.39. The van der Waals surface area contributed by atoms with Crippen molar-refractivity contribution in [1.29, 1.82) is 0 Å². The molecule has 26 heavy (non-hydrogen) atoms. The van der Waals surface area contributed by atoms with E-state index in [1.807, 2.05) is 0 Å². The Hall–Kier alpha value is -2.35. The number of carbonyl (C=O) groups is 4. The minimum atomic E-state index is -0.645. The fourth-order valence-corrected chi connectivity index (χ4v) is 3.59. The van der Waals surface area contributed by atoms with Gasteiger partial charge in [0, 0.05) is 11.4 Å². The number of nitrogens with two attached hydrogens (primary N) is 1. The SMILES string of the molecule is CC(=O)CSc1ccccc1C(=O)OCC(=O)N1CCCC[C@H]1C(N)=O. The average Bonchev–Trinajstić information content (AvgIpc) is 2.64. The molecule has 8 heteroatoms. The van der Waals surface area contributed by atoms with E-state index in [0.29, 0.717) is 23.4 Å². The molecule has 0 unspecified atom stereocenters. The van der Waals surface area contributed by atoms with Gasteiger partial charge in [-0.25, -0.2) is 4.79 Å². The number of primary amides is 1. The standard InChI is InChI=1S/C18H22N2O5S/c1-12(21)11-26-15-8-3-2-6-13(15)18(24)25-10-16(22)20-9-5-4-7-14(20)17(19)23/h2-3,6,8,14H,4-5,7,9-11H2,1H3,(H2,19,23)/t14-/m0/s1. The number of likely N-dealkylation sites (tertiary alicyclic amines) is 1. The molecule has 1 fully saturated rings. The molecule has 1 atom stereocenters. The van der Waals surface area contributed by atoms with Crippen molar-refractivity contribution in [3.05, 3.63) is 29.8 Å². The summed E-state index contributed by atoms with van der Waals surface area (Å²) in [6, 6.07) is 6.11. The highest BCUT2D eigenvalue weighted by atomic mass is 32.2. The summed E-state index contributed by atoms with van der Waals surface area (Å²) in [4.78, 5) is 49.3. The van der Waals surface area contributed by atoms with Gasteiger partial charge < -0.3 is 15.4 Å². The second-order valence-electron chi connectivity index (χ2n) is 6.06. The second-order valence-corrected chi connectivity index (χ2v) is 7.08. The van der Waals surface area contributed by atoms with Gasteiger partial charge >= 0.3 is 5.97 Å². The molecule has 140 valence electrons. The van der Waals surface area contributed by atoms with Crippen molar-refractivity contribution in [2.24, 2.45) is 5.73 Å². The summed E-state index contributed by atoms with van der Waals surface area (Å²) in [5.74, 6) is -1.38. The lowest BCUT2D eigenvalue weighted by Crippen LogP contribution is -2.51. The number of rotatable bonds is 7. The summed E-state index contributed by atoms with van der Waals surface area (Å²) in [6.45, 7) is 1.45. The third-order valence-electron chi connectivity index (χ3n) is 4.02. The van der Waals surface area contributed by atoms with Crippen LogP contribution in [0, 0.1) is 0 Å². The normalized spacial score (nSPS) is 16.8. The van der Waals surface area contributed by atoms with Crippen LogP contribution in [0.4, 0.5) is 0 Å². The highest BCUT2D eigenvalue weighted by Gasteiger charge is 2.31. The molecular formula is C18H22N2O5S. The van der Waals surface area contributed by atoms with Crippen LogP contribution < -0.4 is 5.73 Å². The van der Waals surface area contributed by atoms with Crippen molar-refractivity contribution in [1.82, 2.24) is 4.90 Å². The van der Waals surface area contributed by atoms with E-state index in [1.54, 1.807) is 24.3 Å². The number of hydrogen-bond donors (Lipinski definition) is 1. The average molecular weight is 378 g/mol. The summed E-state index contributed by atoms with van der Waals surface area (Å²) in [5, 5.41) is 0. The van der Waals surface area contributed by atoms with Crippen LogP contribution in [0.25, 0.3) is 0 Å². The topological polar surface area (TPSA) is 107 Å². The van der Waals surface area contributed by atoms with Crippen LogP contribution in [0.3, 0.4) is 0 Å². The quantitative estimate of drug-likeness (QED) is 0.568. The Morgan fingerprint density at radius 3 is 2.65 bits per heavy atom. The number of amides is 2. The molecule has 1 aromatic carbocycles.